The summed E-state index contributed by atoms with van der Waals surface area (Å²) >= 11 is 1.38. The number of hydrogen-bond donors (Lipinski definition) is 0. The summed E-state index contributed by atoms with van der Waals surface area (Å²) in [5, 5.41) is 11.6. The first-order chi connectivity index (χ1) is 13.0. The molecule has 27 heavy (non-hydrogen) atoms. The Balaban J connectivity index is 2.12. The number of carboxylic acid groups (broad SMARTS) is 1. The monoisotopic (exact) mass is 385 g/mol. The van der Waals surface area contributed by atoms with Crippen molar-refractivity contribution in [3.8, 4) is 28.7 Å². The zero-order chi connectivity index (χ0) is 19.4. The second-order valence-electron chi connectivity index (χ2n) is 5.43. The maximum Gasteiger partial charge on any atom is 0.162 e. The summed E-state index contributed by atoms with van der Waals surface area (Å²) in [5.41, 5.74) is 0. The molecule has 6 nitrogen and oxygen atoms in total. The number of aliphatic carboxylic acids is 1. The normalized spacial score (nSPS) is 10.9. The third kappa shape index (κ3) is 3.98. The third-order valence-electron chi connectivity index (χ3n) is 3.82. The molecule has 0 aliphatic rings. The molecule has 0 bridgehead atoms. The molecule has 1 heterocycles. The molecule has 7 heteroatoms. The Hall–Kier alpha value is -3.19. The average molecular weight is 385 g/mol. The molecule has 0 aliphatic heterocycles. The Bertz CT molecular complexity index is 988. The van der Waals surface area contributed by atoms with Gasteiger partial charge in [0.2, 0.25) is 0 Å². The lowest BCUT2D eigenvalue weighted by atomic mass is 10.2. The summed E-state index contributed by atoms with van der Waals surface area (Å²) in [7, 11) is 4.70. The van der Waals surface area contributed by atoms with Crippen molar-refractivity contribution in [3.05, 3.63) is 47.4 Å². The molecule has 2 aromatic carbocycles. The summed E-state index contributed by atoms with van der Waals surface area (Å²) in [6.45, 7) is 0. The number of carbonyl (C=O) groups excluding carboxylic acids is 1. The van der Waals surface area contributed by atoms with E-state index in [1.54, 1.807) is 51.7 Å². The summed E-state index contributed by atoms with van der Waals surface area (Å²) < 4.78 is 22.8. The number of carbonyl (C=O) groups is 1. The molecule has 0 unspecified atom stereocenters. The highest BCUT2D eigenvalue weighted by Gasteiger charge is 2.17. The number of hydrogen-bond acceptors (Lipinski definition) is 7. The van der Waals surface area contributed by atoms with Crippen LogP contribution in [0.5, 0.6) is 28.7 Å². The minimum atomic E-state index is -1.28. The fourth-order valence-corrected chi connectivity index (χ4v) is 3.58. The van der Waals surface area contributed by atoms with Crippen molar-refractivity contribution in [2.45, 2.75) is 0 Å². The van der Waals surface area contributed by atoms with Gasteiger partial charge in [0.05, 0.1) is 32.2 Å². The van der Waals surface area contributed by atoms with Crippen molar-refractivity contribution in [1.82, 2.24) is 0 Å². The highest BCUT2D eigenvalue weighted by atomic mass is 32.1. The van der Waals surface area contributed by atoms with Gasteiger partial charge >= 0.3 is 0 Å². The zero-order valence-corrected chi connectivity index (χ0v) is 15.8. The van der Waals surface area contributed by atoms with E-state index in [1.807, 2.05) is 6.07 Å². The van der Waals surface area contributed by atoms with Gasteiger partial charge in [-0.1, -0.05) is 0 Å². The number of methoxy groups -OCH3 is 3. The maximum atomic E-state index is 10.8. The molecule has 1 aromatic heterocycles. The lowest BCUT2D eigenvalue weighted by molar-refractivity contribution is -0.297. The van der Waals surface area contributed by atoms with E-state index >= 15 is 0 Å². The van der Waals surface area contributed by atoms with Gasteiger partial charge in [0.1, 0.15) is 11.5 Å². The van der Waals surface area contributed by atoms with Crippen LogP contribution in [0.3, 0.4) is 0 Å². The first-order valence-electron chi connectivity index (χ1n) is 7.95. The van der Waals surface area contributed by atoms with Crippen LogP contribution in [0.2, 0.25) is 0 Å². The molecule has 0 saturated carbocycles. The van der Waals surface area contributed by atoms with Gasteiger partial charge in [-0.25, -0.2) is 0 Å². The number of fused-ring (bicyclic) bond motifs is 1. The van der Waals surface area contributed by atoms with Crippen LogP contribution in [0.4, 0.5) is 0 Å². The van der Waals surface area contributed by atoms with Crippen molar-refractivity contribution >= 4 is 33.5 Å². The highest BCUT2D eigenvalue weighted by Crippen LogP contribution is 2.45. The van der Waals surface area contributed by atoms with Crippen LogP contribution in [-0.4, -0.2) is 27.3 Å². The Morgan fingerprint density at radius 3 is 2.19 bits per heavy atom. The van der Waals surface area contributed by atoms with Crippen molar-refractivity contribution in [2.75, 3.05) is 21.3 Å². The van der Waals surface area contributed by atoms with Crippen LogP contribution in [0.1, 0.15) is 4.88 Å². The third-order valence-corrected chi connectivity index (χ3v) is 4.92. The Kier molecular flexibility index (Phi) is 5.52. The van der Waals surface area contributed by atoms with Crippen molar-refractivity contribution in [3.63, 3.8) is 0 Å². The smallest absolute Gasteiger partial charge is 0.162 e. The average Bonchev–Trinajstić information content (AvgIpc) is 3.02. The van der Waals surface area contributed by atoms with E-state index in [9.17, 15) is 9.90 Å². The van der Waals surface area contributed by atoms with E-state index in [-0.39, 0.29) is 0 Å². The van der Waals surface area contributed by atoms with Gasteiger partial charge in [-0.15, -0.1) is 11.3 Å². The molecule has 0 aliphatic carbocycles. The molecule has 0 radical (unpaired) electrons. The van der Waals surface area contributed by atoms with Crippen LogP contribution in [0.15, 0.2) is 42.5 Å². The molecule has 0 amide bonds. The van der Waals surface area contributed by atoms with Crippen LogP contribution >= 0.6 is 11.3 Å². The lowest BCUT2D eigenvalue weighted by Gasteiger charge is -2.10. The largest absolute Gasteiger partial charge is 0.545 e. The van der Waals surface area contributed by atoms with Crippen LogP contribution < -0.4 is 24.1 Å². The van der Waals surface area contributed by atoms with E-state index in [1.165, 1.54) is 17.4 Å². The summed E-state index contributed by atoms with van der Waals surface area (Å²) in [5.74, 6) is 1.68. The number of ether oxygens (including phenoxy) is 4. The Morgan fingerprint density at radius 2 is 1.59 bits per heavy atom. The van der Waals surface area contributed by atoms with Gasteiger partial charge in [-0.3, -0.25) is 0 Å². The zero-order valence-electron chi connectivity index (χ0n) is 15.0. The molecular formula is C20H17O6S-. The second kappa shape index (κ2) is 8.01. The molecule has 3 aromatic rings. The van der Waals surface area contributed by atoms with Crippen LogP contribution in [0.25, 0.3) is 16.2 Å². The molecule has 0 spiro atoms. The van der Waals surface area contributed by atoms with Gasteiger partial charge < -0.3 is 28.8 Å². The molecule has 140 valence electrons. The van der Waals surface area contributed by atoms with E-state index in [4.69, 9.17) is 18.9 Å². The Morgan fingerprint density at radius 1 is 0.963 bits per heavy atom. The minimum absolute atomic E-state index is 0.526. The minimum Gasteiger partial charge on any atom is -0.545 e. The van der Waals surface area contributed by atoms with Gasteiger partial charge in [0.15, 0.2) is 17.2 Å². The Labute approximate surface area is 160 Å². The van der Waals surface area contributed by atoms with E-state index in [0.29, 0.717) is 33.6 Å². The molecule has 0 fully saturated rings. The van der Waals surface area contributed by atoms with Gasteiger partial charge in [0.25, 0.3) is 0 Å². The summed E-state index contributed by atoms with van der Waals surface area (Å²) in [6.07, 6.45) is 2.43. The van der Waals surface area contributed by atoms with Gasteiger partial charge in [-0.2, -0.15) is 0 Å². The number of rotatable bonds is 7. The van der Waals surface area contributed by atoms with E-state index in [2.05, 4.69) is 0 Å². The number of benzene rings is 2. The van der Waals surface area contributed by atoms with Crippen molar-refractivity contribution in [2.24, 2.45) is 0 Å². The highest BCUT2D eigenvalue weighted by molar-refractivity contribution is 7.20. The standard InChI is InChI=1S/C20H18O6S/c1-23-12-4-6-13(7-5-12)26-20-14-10-15(24-2)16(25-3)11-18(14)27-17(20)8-9-19(21)22/h4-11H,1-3H3,(H,21,22)/p-1/b9-8+. The maximum absolute atomic E-state index is 10.8. The fraction of sp³-hybridized carbons (Fsp3) is 0.150. The van der Waals surface area contributed by atoms with Crippen molar-refractivity contribution in [1.29, 1.82) is 0 Å². The predicted molar refractivity (Wildman–Crippen MR) is 102 cm³/mol. The van der Waals surface area contributed by atoms with Gasteiger partial charge in [0, 0.05) is 16.2 Å². The quantitative estimate of drug-likeness (QED) is 0.580. The van der Waals surface area contributed by atoms with Crippen molar-refractivity contribution < 1.29 is 28.8 Å². The second-order valence-corrected chi connectivity index (χ2v) is 6.51. The molecule has 0 N–H and O–H groups in total. The van der Waals surface area contributed by atoms with E-state index in [0.717, 1.165) is 16.2 Å². The lowest BCUT2D eigenvalue weighted by Crippen LogP contribution is -2.18. The topological polar surface area (TPSA) is 77.1 Å². The van der Waals surface area contributed by atoms with Crippen LogP contribution in [-0.2, 0) is 4.79 Å². The van der Waals surface area contributed by atoms with Gasteiger partial charge in [-0.05, 0) is 42.5 Å². The fourth-order valence-electron chi connectivity index (χ4n) is 2.54. The molecule has 0 atom stereocenters. The number of thiophene rings is 1. The first kappa shape index (κ1) is 18.6. The number of carboxylic acids is 1. The molecule has 3 rings (SSSR count). The van der Waals surface area contributed by atoms with Crippen LogP contribution in [0, 0.1) is 0 Å². The molecule has 0 saturated heterocycles. The summed E-state index contributed by atoms with van der Waals surface area (Å²) in [6, 6.07) is 10.7. The van der Waals surface area contributed by atoms with E-state index < -0.39 is 5.97 Å². The first-order valence-corrected chi connectivity index (χ1v) is 8.77. The predicted octanol–water partition coefficient (Wildman–Crippen LogP) is 3.48. The molecular weight excluding hydrogens is 368 g/mol. The summed E-state index contributed by atoms with van der Waals surface area (Å²) in [4.78, 5) is 11.5. The SMILES string of the molecule is COc1ccc(Oc2c(/C=C/C(=O)[O-])sc3cc(OC)c(OC)cc23)cc1.